The van der Waals surface area contributed by atoms with Crippen molar-refractivity contribution in [1.29, 1.82) is 0 Å². The maximum absolute atomic E-state index is 14.1. The van der Waals surface area contributed by atoms with Crippen LogP contribution in [-0.4, -0.2) is 128 Å². The fourth-order valence-corrected chi connectivity index (χ4v) is 11.3. The van der Waals surface area contributed by atoms with Gasteiger partial charge < -0.3 is 53.5 Å². The van der Waals surface area contributed by atoms with Crippen molar-refractivity contribution in [2.45, 2.75) is 194 Å². The number of hydrogen-bond donors (Lipinski definition) is 2. The molecule has 12 heteroatoms. The van der Waals surface area contributed by atoms with Gasteiger partial charge in [0.15, 0.2) is 5.79 Å². The van der Waals surface area contributed by atoms with E-state index in [0.29, 0.717) is 25.7 Å². The van der Waals surface area contributed by atoms with Crippen molar-refractivity contribution in [3.63, 3.8) is 0 Å². The molecule has 0 aromatic heterocycles. The van der Waals surface area contributed by atoms with Gasteiger partial charge in [-0.05, 0) is 62.0 Å². The van der Waals surface area contributed by atoms with Gasteiger partial charge in [0.2, 0.25) is 0 Å². The Labute approximate surface area is 307 Å². The summed E-state index contributed by atoms with van der Waals surface area (Å²) in [7, 11) is 1.66. The molecule has 10 rings (SSSR count). The molecule has 12 bridgehead atoms. The second kappa shape index (κ2) is 14.3. The van der Waals surface area contributed by atoms with E-state index < -0.39 is 18.0 Å². The lowest BCUT2D eigenvalue weighted by Gasteiger charge is -2.47. The van der Waals surface area contributed by atoms with Crippen molar-refractivity contribution in [3.05, 3.63) is 24.3 Å². The largest absolute Gasteiger partial charge is 0.392 e. The minimum Gasteiger partial charge on any atom is -0.392 e. The average Bonchev–Trinajstić information content (AvgIpc) is 3.79. The smallest absolute Gasteiger partial charge is 0.172 e. The van der Waals surface area contributed by atoms with Crippen LogP contribution in [-0.2, 0) is 47.4 Å². The van der Waals surface area contributed by atoms with E-state index in [2.05, 4.69) is 20.1 Å². The number of carbonyl (C=O) groups excluding carboxylic acids is 1. The third-order valence-corrected chi connectivity index (χ3v) is 14.0. The highest BCUT2D eigenvalue weighted by atomic mass is 16.8. The Morgan fingerprint density at radius 3 is 2.38 bits per heavy atom. The highest BCUT2D eigenvalue weighted by Gasteiger charge is 2.68. The van der Waals surface area contributed by atoms with E-state index in [-0.39, 0.29) is 122 Å². The normalized spacial score (nSPS) is 52.4. The number of ketones is 1. The molecule has 19 atom stereocenters. The van der Waals surface area contributed by atoms with E-state index in [1.807, 2.05) is 0 Å². The number of nitrogens with two attached hydrogens (primary N) is 1. The summed E-state index contributed by atoms with van der Waals surface area (Å²) in [5.74, 6) is -0.619. The van der Waals surface area contributed by atoms with Crippen LogP contribution in [0, 0.1) is 11.8 Å². The van der Waals surface area contributed by atoms with Crippen molar-refractivity contribution in [2.24, 2.45) is 17.6 Å². The Hall–Kier alpha value is -1.29. The van der Waals surface area contributed by atoms with Crippen LogP contribution in [0.5, 0.6) is 0 Å². The first kappa shape index (κ1) is 36.4. The first-order valence-electron chi connectivity index (χ1n) is 20.2. The van der Waals surface area contributed by atoms with Crippen molar-refractivity contribution in [1.82, 2.24) is 0 Å². The third-order valence-electron chi connectivity index (χ3n) is 14.0. The molecule has 10 fully saturated rings. The Morgan fingerprint density at radius 2 is 1.56 bits per heavy atom. The maximum Gasteiger partial charge on any atom is 0.172 e. The Morgan fingerprint density at radius 1 is 0.808 bits per heavy atom. The first-order valence-corrected chi connectivity index (χ1v) is 20.2. The number of ether oxygens (including phenoxy) is 9. The number of rotatable bonds is 4. The molecule has 0 aromatic rings. The predicted molar refractivity (Wildman–Crippen MR) is 186 cm³/mol. The maximum atomic E-state index is 14.1. The minimum absolute atomic E-state index is 0.0158. The molecule has 10 saturated heterocycles. The van der Waals surface area contributed by atoms with E-state index in [0.717, 1.165) is 56.1 Å². The predicted octanol–water partition coefficient (Wildman–Crippen LogP) is 3.44. The van der Waals surface area contributed by atoms with Gasteiger partial charge in [-0.2, -0.15) is 0 Å². The van der Waals surface area contributed by atoms with Crippen LogP contribution in [0.25, 0.3) is 0 Å². The van der Waals surface area contributed by atoms with Gasteiger partial charge in [-0.3, -0.25) is 4.79 Å². The number of carbonyl (C=O) groups is 1. The molecule has 10 heterocycles. The van der Waals surface area contributed by atoms with E-state index in [1.165, 1.54) is 0 Å². The van der Waals surface area contributed by atoms with E-state index >= 15 is 0 Å². The monoisotopic (exact) mass is 729 g/mol. The highest BCUT2D eigenvalue weighted by Crippen LogP contribution is 2.54. The molecular formula is C40H59NO11. The van der Waals surface area contributed by atoms with Crippen LogP contribution < -0.4 is 5.73 Å². The van der Waals surface area contributed by atoms with Crippen molar-refractivity contribution in [2.75, 3.05) is 13.7 Å². The zero-order valence-corrected chi connectivity index (χ0v) is 30.8. The van der Waals surface area contributed by atoms with Crippen LogP contribution in [0.1, 0.15) is 90.4 Å². The van der Waals surface area contributed by atoms with Crippen molar-refractivity contribution in [3.8, 4) is 0 Å². The average molecular weight is 730 g/mol. The van der Waals surface area contributed by atoms with Gasteiger partial charge in [-0.25, -0.2) is 0 Å². The van der Waals surface area contributed by atoms with Gasteiger partial charge in [0.25, 0.3) is 0 Å². The summed E-state index contributed by atoms with van der Waals surface area (Å²) in [6.45, 7) is 11.3. The number of fused-ring (bicyclic) bond motifs is 6. The zero-order valence-electron chi connectivity index (χ0n) is 30.8. The van der Waals surface area contributed by atoms with Crippen LogP contribution >= 0.6 is 0 Å². The summed E-state index contributed by atoms with van der Waals surface area (Å²) in [6.07, 6.45) is 4.85. The number of aliphatic hydroxyl groups is 1. The summed E-state index contributed by atoms with van der Waals surface area (Å²) in [6, 6.07) is 0. The molecular weight excluding hydrogens is 670 g/mol. The summed E-state index contributed by atoms with van der Waals surface area (Å²) in [4.78, 5) is 14.1. The minimum atomic E-state index is -0.780. The SMILES string of the molecule is C=C1C[C@@H]2CC[C@@]34C[C@H]5OC6[C@@H](O[C@H]7CCC(CC(=O)CC8[C@@H](OC)C(C[C@H](O)CN)O[C@H]8CC8OC(CCC1O2)C[C@@H](C)C8=C)O[C@@H]7[C@@H]6O3)[C@H]5O4. The summed E-state index contributed by atoms with van der Waals surface area (Å²) >= 11 is 0. The van der Waals surface area contributed by atoms with Crippen LogP contribution in [0.2, 0.25) is 0 Å². The summed E-state index contributed by atoms with van der Waals surface area (Å²) in [5, 5.41) is 10.5. The van der Waals surface area contributed by atoms with Gasteiger partial charge in [-0.15, -0.1) is 0 Å². The summed E-state index contributed by atoms with van der Waals surface area (Å²) in [5.41, 5.74) is 8.01. The van der Waals surface area contributed by atoms with Gasteiger partial charge in [0.1, 0.15) is 36.3 Å². The molecule has 0 aliphatic carbocycles. The fourth-order valence-electron chi connectivity index (χ4n) is 11.3. The number of Topliss-reactive ketones (excluding diaryl/α,β-unsaturated/α-hetero) is 1. The quantitative estimate of drug-likeness (QED) is 0.409. The standard InChI is InChI=1S/C40H59NO11/c1-19-11-24-5-7-28-20(2)12-26(45-28)9-10-40-17-33-36(51-40)37-38(50-33)39(52-40)35-29(49-37)8-6-25(47-35)13-22(42)14-27-31(16-30(46-24)21(19)3)48-32(34(27)44-4)15-23(43)18-41/h19,23-39,43H,2-3,5-18,41H2,1,4H3/t19-,23+,24?,25?,26+,27?,28?,29+,30?,31+,32?,33-,34-,35+,36+,37+,38?,39+,40+/m1/s1. The molecule has 0 saturated carbocycles. The van der Waals surface area contributed by atoms with Crippen molar-refractivity contribution >= 4 is 5.78 Å². The zero-order chi connectivity index (χ0) is 35.9. The Bertz CT molecular complexity index is 1380. The molecule has 3 N–H and O–H groups in total. The molecule has 12 nitrogen and oxygen atoms in total. The molecule has 290 valence electrons. The van der Waals surface area contributed by atoms with Crippen LogP contribution in [0.3, 0.4) is 0 Å². The van der Waals surface area contributed by atoms with Crippen LogP contribution in [0.15, 0.2) is 24.3 Å². The van der Waals surface area contributed by atoms with Gasteiger partial charge in [0, 0.05) is 58.1 Å². The lowest BCUT2D eigenvalue weighted by molar-refractivity contribution is -0.292. The van der Waals surface area contributed by atoms with Gasteiger partial charge in [-0.1, -0.05) is 20.1 Å². The Balaban J connectivity index is 0.994. The number of methoxy groups -OCH3 is 1. The Kier molecular flexibility index (Phi) is 10.0. The lowest BCUT2D eigenvalue weighted by atomic mass is 9.81. The topological polar surface area (TPSA) is 146 Å². The molecule has 52 heavy (non-hydrogen) atoms. The number of hydrogen-bond acceptors (Lipinski definition) is 12. The molecule has 7 unspecified atom stereocenters. The highest BCUT2D eigenvalue weighted by molar-refractivity contribution is 5.79. The third kappa shape index (κ3) is 6.59. The number of aliphatic hydroxyl groups excluding tert-OH is 1. The molecule has 10 aliphatic heterocycles. The molecule has 0 amide bonds. The van der Waals surface area contributed by atoms with E-state index in [1.54, 1.807) is 7.11 Å². The fraction of sp³-hybridized carbons (Fsp3) is 0.875. The van der Waals surface area contributed by atoms with Gasteiger partial charge >= 0.3 is 0 Å². The second-order valence-corrected chi connectivity index (χ2v) is 17.4. The molecule has 10 aliphatic rings. The van der Waals surface area contributed by atoms with Crippen molar-refractivity contribution < 1.29 is 52.5 Å². The molecule has 0 aromatic carbocycles. The van der Waals surface area contributed by atoms with Crippen LogP contribution in [0.4, 0.5) is 0 Å². The molecule has 0 radical (unpaired) electrons. The van der Waals surface area contributed by atoms with E-state index in [9.17, 15) is 9.90 Å². The van der Waals surface area contributed by atoms with Gasteiger partial charge in [0.05, 0.1) is 67.1 Å². The molecule has 1 spiro atoms. The lowest BCUT2D eigenvalue weighted by Crippen LogP contribution is -2.61. The summed E-state index contributed by atoms with van der Waals surface area (Å²) < 4.78 is 60.0. The first-order chi connectivity index (χ1) is 25.1. The van der Waals surface area contributed by atoms with E-state index in [4.69, 9.17) is 48.4 Å². The second-order valence-electron chi connectivity index (χ2n) is 17.4.